The highest BCUT2D eigenvalue weighted by Gasteiger charge is 2.47. The van der Waals surface area contributed by atoms with Gasteiger partial charge in [-0.1, -0.05) is 84.4 Å². The van der Waals surface area contributed by atoms with Crippen LogP contribution in [0.15, 0.2) is 54.6 Å². The first-order valence-corrected chi connectivity index (χ1v) is 8.09. The minimum absolute atomic E-state index is 0.0111. The standard InChI is InChI=1S/C19H19BrO/c1-18(2)13-19(20,12-14-8-4-3-5-9-14)17(21)15-10-6-7-11-16(15)18/h3-11H,12-13H2,1-2H3. The Morgan fingerprint density at radius 1 is 1.00 bits per heavy atom. The van der Waals surface area contributed by atoms with Gasteiger partial charge in [0.15, 0.2) is 5.78 Å². The van der Waals surface area contributed by atoms with Gasteiger partial charge >= 0.3 is 0 Å². The Morgan fingerprint density at radius 2 is 1.62 bits per heavy atom. The molecule has 0 saturated carbocycles. The molecule has 1 aliphatic carbocycles. The monoisotopic (exact) mass is 342 g/mol. The van der Waals surface area contributed by atoms with E-state index in [0.717, 1.165) is 24.0 Å². The van der Waals surface area contributed by atoms with E-state index in [2.05, 4.69) is 48.0 Å². The van der Waals surface area contributed by atoms with Crippen LogP contribution < -0.4 is 0 Å². The summed E-state index contributed by atoms with van der Waals surface area (Å²) in [5, 5.41) is 0. The van der Waals surface area contributed by atoms with E-state index in [1.165, 1.54) is 5.56 Å². The summed E-state index contributed by atoms with van der Waals surface area (Å²) in [6, 6.07) is 18.2. The van der Waals surface area contributed by atoms with Crippen molar-refractivity contribution in [3.8, 4) is 0 Å². The summed E-state index contributed by atoms with van der Waals surface area (Å²) in [4.78, 5) is 13.0. The summed E-state index contributed by atoms with van der Waals surface area (Å²) in [5.41, 5.74) is 3.21. The zero-order valence-corrected chi connectivity index (χ0v) is 14.0. The van der Waals surface area contributed by atoms with Gasteiger partial charge in [-0.2, -0.15) is 0 Å². The second kappa shape index (κ2) is 5.10. The van der Waals surface area contributed by atoms with Crippen molar-refractivity contribution in [1.82, 2.24) is 0 Å². The number of rotatable bonds is 2. The van der Waals surface area contributed by atoms with Gasteiger partial charge in [-0.3, -0.25) is 4.79 Å². The number of fused-ring (bicyclic) bond motifs is 1. The molecular formula is C19H19BrO. The Kier molecular flexibility index (Phi) is 3.53. The fourth-order valence-electron chi connectivity index (χ4n) is 3.45. The van der Waals surface area contributed by atoms with E-state index >= 15 is 0 Å². The number of hydrogen-bond acceptors (Lipinski definition) is 1. The van der Waals surface area contributed by atoms with Crippen LogP contribution in [0.3, 0.4) is 0 Å². The molecule has 0 aromatic heterocycles. The van der Waals surface area contributed by atoms with Crippen molar-refractivity contribution in [2.45, 2.75) is 36.4 Å². The number of ketones is 1. The van der Waals surface area contributed by atoms with Crippen LogP contribution in [0.1, 0.15) is 41.8 Å². The molecule has 0 spiro atoms. The summed E-state index contributed by atoms with van der Waals surface area (Å²) in [5.74, 6) is 0.210. The van der Waals surface area contributed by atoms with Crippen molar-refractivity contribution in [3.63, 3.8) is 0 Å². The van der Waals surface area contributed by atoms with Crippen LogP contribution in [0.4, 0.5) is 0 Å². The normalized spacial score (nSPS) is 23.7. The van der Waals surface area contributed by atoms with E-state index in [-0.39, 0.29) is 11.2 Å². The molecule has 0 saturated heterocycles. The van der Waals surface area contributed by atoms with Crippen molar-refractivity contribution in [2.24, 2.45) is 0 Å². The van der Waals surface area contributed by atoms with Crippen LogP contribution in [0.5, 0.6) is 0 Å². The molecule has 1 nitrogen and oxygen atoms in total. The third-order valence-corrected chi connectivity index (χ3v) is 5.28. The molecule has 2 aromatic rings. The Morgan fingerprint density at radius 3 is 2.33 bits per heavy atom. The number of halogens is 1. The number of carbonyl (C=O) groups excluding carboxylic acids is 1. The number of benzene rings is 2. The molecule has 0 radical (unpaired) electrons. The van der Waals surface area contributed by atoms with Gasteiger partial charge in [-0.15, -0.1) is 0 Å². The smallest absolute Gasteiger partial charge is 0.180 e. The van der Waals surface area contributed by atoms with Gasteiger partial charge in [0.1, 0.15) is 0 Å². The van der Waals surface area contributed by atoms with E-state index < -0.39 is 4.32 Å². The van der Waals surface area contributed by atoms with Crippen molar-refractivity contribution >= 4 is 21.7 Å². The maximum absolute atomic E-state index is 13.0. The lowest BCUT2D eigenvalue weighted by molar-refractivity contribution is 0.0908. The molecular weight excluding hydrogens is 324 g/mol. The molecule has 0 bridgehead atoms. The lowest BCUT2D eigenvalue weighted by Gasteiger charge is -2.41. The van der Waals surface area contributed by atoms with E-state index in [4.69, 9.17) is 0 Å². The molecule has 0 N–H and O–H groups in total. The lowest BCUT2D eigenvalue weighted by atomic mass is 9.66. The fraction of sp³-hybridized carbons (Fsp3) is 0.316. The van der Waals surface area contributed by atoms with Crippen LogP contribution in [0.25, 0.3) is 0 Å². The Bertz CT molecular complexity index is 675. The SMILES string of the molecule is CC1(C)CC(Br)(Cc2ccccc2)C(=O)c2ccccc21. The number of alkyl halides is 1. The average molecular weight is 343 g/mol. The number of Topliss-reactive ketones (excluding diaryl/α,β-unsaturated/α-hetero) is 1. The number of carbonyl (C=O) groups is 1. The van der Waals surface area contributed by atoms with Crippen LogP contribution in [-0.2, 0) is 11.8 Å². The molecule has 2 heteroatoms. The Hall–Kier alpha value is -1.41. The van der Waals surface area contributed by atoms with Gasteiger partial charge in [0.25, 0.3) is 0 Å². The van der Waals surface area contributed by atoms with Gasteiger partial charge < -0.3 is 0 Å². The molecule has 1 unspecified atom stereocenters. The molecule has 0 fully saturated rings. The molecule has 21 heavy (non-hydrogen) atoms. The van der Waals surface area contributed by atoms with Crippen LogP contribution >= 0.6 is 15.9 Å². The van der Waals surface area contributed by atoms with Gasteiger partial charge in [0.05, 0.1) is 4.32 Å². The van der Waals surface area contributed by atoms with E-state index in [0.29, 0.717) is 0 Å². The summed E-state index contributed by atoms with van der Waals surface area (Å²) in [6.45, 7) is 4.44. The molecule has 0 heterocycles. The van der Waals surface area contributed by atoms with E-state index in [9.17, 15) is 4.79 Å². The quantitative estimate of drug-likeness (QED) is 0.707. The lowest BCUT2D eigenvalue weighted by Crippen LogP contribution is -2.46. The van der Waals surface area contributed by atoms with Gasteiger partial charge in [-0.05, 0) is 29.4 Å². The molecule has 0 aliphatic heterocycles. The van der Waals surface area contributed by atoms with Crippen molar-refractivity contribution in [1.29, 1.82) is 0 Å². The second-order valence-electron chi connectivity index (χ2n) is 6.56. The largest absolute Gasteiger partial charge is 0.293 e. The number of hydrogen-bond donors (Lipinski definition) is 0. The third-order valence-electron chi connectivity index (χ3n) is 4.36. The summed E-state index contributed by atoms with van der Waals surface area (Å²) >= 11 is 3.79. The topological polar surface area (TPSA) is 17.1 Å². The van der Waals surface area contributed by atoms with Crippen LogP contribution in [0.2, 0.25) is 0 Å². The maximum Gasteiger partial charge on any atom is 0.180 e. The molecule has 3 rings (SSSR count). The fourth-order valence-corrected chi connectivity index (χ4v) is 4.69. The predicted molar refractivity (Wildman–Crippen MR) is 90.2 cm³/mol. The summed E-state index contributed by atoms with van der Waals surface area (Å²) < 4.78 is -0.508. The highest BCUT2D eigenvalue weighted by molar-refractivity contribution is 9.10. The Labute approximate surface area is 134 Å². The third kappa shape index (κ3) is 2.57. The summed E-state index contributed by atoms with van der Waals surface area (Å²) in [6.07, 6.45) is 1.54. The first-order valence-electron chi connectivity index (χ1n) is 7.30. The van der Waals surface area contributed by atoms with Gasteiger partial charge in [0.2, 0.25) is 0 Å². The minimum atomic E-state index is -0.508. The van der Waals surface area contributed by atoms with E-state index in [1.807, 2.05) is 36.4 Å². The van der Waals surface area contributed by atoms with Crippen LogP contribution in [-0.4, -0.2) is 10.1 Å². The van der Waals surface area contributed by atoms with Crippen molar-refractivity contribution in [2.75, 3.05) is 0 Å². The highest BCUT2D eigenvalue weighted by Crippen LogP contribution is 2.46. The van der Waals surface area contributed by atoms with Gasteiger partial charge in [0, 0.05) is 5.56 Å². The van der Waals surface area contributed by atoms with Crippen molar-refractivity contribution < 1.29 is 4.79 Å². The summed E-state index contributed by atoms with van der Waals surface area (Å²) in [7, 11) is 0. The first kappa shape index (κ1) is 14.5. The maximum atomic E-state index is 13.0. The highest BCUT2D eigenvalue weighted by atomic mass is 79.9. The first-order chi connectivity index (χ1) is 9.92. The molecule has 2 aromatic carbocycles. The van der Waals surface area contributed by atoms with Crippen molar-refractivity contribution in [3.05, 3.63) is 71.3 Å². The zero-order valence-electron chi connectivity index (χ0n) is 12.4. The Balaban J connectivity index is 2.04. The molecule has 1 aliphatic rings. The van der Waals surface area contributed by atoms with E-state index in [1.54, 1.807) is 0 Å². The van der Waals surface area contributed by atoms with Crippen LogP contribution in [0, 0.1) is 0 Å². The minimum Gasteiger partial charge on any atom is -0.293 e. The second-order valence-corrected chi connectivity index (χ2v) is 8.08. The molecule has 108 valence electrons. The van der Waals surface area contributed by atoms with Gasteiger partial charge in [-0.25, -0.2) is 0 Å². The zero-order chi connectivity index (χ0) is 15.1. The average Bonchev–Trinajstić information content (AvgIpc) is 2.46. The predicted octanol–water partition coefficient (Wildman–Crippen LogP) is 4.93. The molecule has 0 amide bonds. The molecule has 1 atom stereocenters.